The number of rotatable bonds is 2. The Balaban J connectivity index is 1.10. The minimum absolute atomic E-state index is 0.0326. The van der Waals surface area contributed by atoms with Gasteiger partial charge < -0.3 is 4.74 Å². The highest BCUT2D eigenvalue weighted by atomic mass is 16.5. The molecular formula is C51H30O. The van der Waals surface area contributed by atoms with Gasteiger partial charge in [0.2, 0.25) is 0 Å². The standard InChI is InChI=1S/C51H30O/c1-2-11-31(12-3-1)35-25-28-48-50-39(35)17-10-18-40(50)42-29-33(23-27-47(42)52-48)34-21-24-38-37-15-6-8-19-43(37)51(46(38)30-34)44-20-9-7-16-41(44)49-36-14-5-4-13-32(36)22-26-45(49)51/h1-30H/i1D,2D,3D,4D,5D,11D,12D,13D,14D,22D,26D. The van der Waals surface area contributed by atoms with E-state index in [2.05, 4.69) is 36.4 Å². The van der Waals surface area contributed by atoms with Crippen molar-refractivity contribution in [1.82, 2.24) is 0 Å². The van der Waals surface area contributed by atoms with Crippen molar-refractivity contribution in [3.8, 4) is 67.1 Å². The Labute approximate surface area is 317 Å². The van der Waals surface area contributed by atoms with E-state index in [-0.39, 0.29) is 58.6 Å². The summed E-state index contributed by atoms with van der Waals surface area (Å²) in [6, 6.07) is 34.0. The number of hydrogen-bond donors (Lipinski definition) is 0. The van der Waals surface area contributed by atoms with Crippen molar-refractivity contribution in [1.29, 1.82) is 0 Å². The van der Waals surface area contributed by atoms with Crippen LogP contribution in [0.3, 0.4) is 0 Å². The summed E-state index contributed by atoms with van der Waals surface area (Å²) in [6.45, 7) is 0. The second-order valence-electron chi connectivity index (χ2n) is 13.5. The molecule has 0 bridgehead atoms. The number of hydrogen-bond acceptors (Lipinski definition) is 1. The molecule has 2 aliphatic carbocycles. The molecule has 1 aliphatic heterocycles. The van der Waals surface area contributed by atoms with E-state index < -0.39 is 29.6 Å². The van der Waals surface area contributed by atoms with Gasteiger partial charge in [0.05, 0.1) is 20.5 Å². The minimum Gasteiger partial charge on any atom is -0.456 e. The third kappa shape index (κ3) is 3.52. The fourth-order valence-electron chi connectivity index (χ4n) is 9.05. The highest BCUT2D eigenvalue weighted by Gasteiger charge is 2.52. The van der Waals surface area contributed by atoms with Gasteiger partial charge >= 0.3 is 0 Å². The predicted molar refractivity (Wildman–Crippen MR) is 214 cm³/mol. The smallest absolute Gasteiger partial charge is 0.135 e. The molecule has 0 fully saturated rings. The van der Waals surface area contributed by atoms with Gasteiger partial charge in [-0.2, -0.15) is 0 Å². The van der Waals surface area contributed by atoms with Crippen LogP contribution in [0, 0.1) is 0 Å². The van der Waals surface area contributed by atoms with Crippen LogP contribution in [-0.4, -0.2) is 0 Å². The molecule has 1 heterocycles. The van der Waals surface area contributed by atoms with E-state index >= 15 is 0 Å². The Morgan fingerprint density at radius 3 is 2.00 bits per heavy atom. The zero-order chi connectivity index (χ0) is 43.5. The largest absolute Gasteiger partial charge is 0.456 e. The average Bonchev–Trinajstić information content (AvgIpc) is 3.78. The molecule has 9 aromatic rings. The summed E-state index contributed by atoms with van der Waals surface area (Å²) >= 11 is 0. The van der Waals surface area contributed by atoms with Crippen LogP contribution in [0.15, 0.2) is 182 Å². The van der Waals surface area contributed by atoms with E-state index in [9.17, 15) is 4.11 Å². The second kappa shape index (κ2) is 10.2. The molecule has 3 aliphatic rings. The second-order valence-corrected chi connectivity index (χ2v) is 13.5. The molecule has 240 valence electrons. The van der Waals surface area contributed by atoms with Gasteiger partial charge in [0, 0.05) is 10.9 Å². The molecule has 0 saturated carbocycles. The van der Waals surface area contributed by atoms with Gasteiger partial charge in [-0.1, -0.05) is 157 Å². The first-order chi connectivity index (χ1) is 30.4. The van der Waals surface area contributed by atoms with Crippen molar-refractivity contribution in [2.24, 2.45) is 0 Å². The van der Waals surface area contributed by atoms with Crippen molar-refractivity contribution in [2.45, 2.75) is 5.41 Å². The van der Waals surface area contributed by atoms with Crippen LogP contribution in [0.2, 0.25) is 0 Å². The van der Waals surface area contributed by atoms with Crippen LogP contribution in [0.4, 0.5) is 0 Å². The summed E-state index contributed by atoms with van der Waals surface area (Å²) in [5.41, 5.74) is 9.39. The maximum atomic E-state index is 9.76. The lowest BCUT2D eigenvalue weighted by Gasteiger charge is -2.31. The number of benzene rings is 9. The summed E-state index contributed by atoms with van der Waals surface area (Å²) < 4.78 is 103. The Kier molecular flexibility index (Phi) is 3.84. The quantitative estimate of drug-likeness (QED) is 0.178. The average molecular weight is 670 g/mol. The molecule has 52 heavy (non-hydrogen) atoms. The molecule has 0 saturated heterocycles. The van der Waals surface area contributed by atoms with Crippen LogP contribution >= 0.6 is 0 Å². The van der Waals surface area contributed by atoms with Crippen molar-refractivity contribution in [2.75, 3.05) is 0 Å². The van der Waals surface area contributed by atoms with E-state index in [1.54, 1.807) is 12.1 Å². The molecule has 12 rings (SSSR count). The fourth-order valence-corrected chi connectivity index (χ4v) is 9.05. The van der Waals surface area contributed by atoms with Crippen LogP contribution in [0.25, 0.3) is 77.2 Å². The summed E-state index contributed by atoms with van der Waals surface area (Å²) in [6.07, 6.45) is 0. The van der Waals surface area contributed by atoms with E-state index in [0.717, 1.165) is 61.0 Å². The van der Waals surface area contributed by atoms with Crippen molar-refractivity contribution in [3.63, 3.8) is 0 Å². The molecule has 0 radical (unpaired) electrons. The summed E-state index contributed by atoms with van der Waals surface area (Å²) in [7, 11) is 0. The minimum atomic E-state index is -1.09. The number of ether oxygens (including phenoxy) is 1. The molecule has 0 aromatic heterocycles. The van der Waals surface area contributed by atoms with E-state index in [1.165, 1.54) is 0 Å². The lowest BCUT2D eigenvalue weighted by atomic mass is 9.70. The maximum Gasteiger partial charge on any atom is 0.135 e. The van der Waals surface area contributed by atoms with Gasteiger partial charge in [-0.3, -0.25) is 0 Å². The zero-order valence-electron chi connectivity index (χ0n) is 38.4. The summed E-state index contributed by atoms with van der Waals surface area (Å²) in [5, 5.41) is 1.72. The Morgan fingerprint density at radius 2 is 1.10 bits per heavy atom. The lowest BCUT2D eigenvalue weighted by Crippen LogP contribution is -2.25. The molecule has 1 unspecified atom stereocenters. The van der Waals surface area contributed by atoms with E-state index in [4.69, 9.17) is 15.7 Å². The molecule has 1 spiro atoms. The van der Waals surface area contributed by atoms with E-state index in [1.807, 2.05) is 66.7 Å². The van der Waals surface area contributed by atoms with Gasteiger partial charge in [-0.05, 0) is 113 Å². The summed E-state index contributed by atoms with van der Waals surface area (Å²) in [4.78, 5) is 0. The monoisotopic (exact) mass is 669 g/mol. The van der Waals surface area contributed by atoms with Crippen LogP contribution in [0.1, 0.15) is 37.3 Å². The molecule has 1 nitrogen and oxygen atoms in total. The van der Waals surface area contributed by atoms with Crippen molar-refractivity contribution in [3.05, 3.63) is 204 Å². The third-order valence-corrected chi connectivity index (χ3v) is 11.1. The van der Waals surface area contributed by atoms with E-state index in [0.29, 0.717) is 33.6 Å². The van der Waals surface area contributed by atoms with Gasteiger partial charge in [-0.15, -0.1) is 0 Å². The van der Waals surface area contributed by atoms with Gasteiger partial charge in [0.1, 0.15) is 11.5 Å². The first kappa shape index (κ1) is 19.6. The number of fused-ring (bicyclic) bond motifs is 14. The molecule has 1 atom stereocenters. The molecular weight excluding hydrogens is 629 g/mol. The highest BCUT2D eigenvalue weighted by molar-refractivity contribution is 6.10. The molecule has 0 N–H and O–H groups in total. The zero-order valence-corrected chi connectivity index (χ0v) is 27.4. The topological polar surface area (TPSA) is 9.23 Å². The van der Waals surface area contributed by atoms with Gasteiger partial charge in [-0.25, -0.2) is 0 Å². The Morgan fingerprint density at radius 1 is 0.404 bits per heavy atom. The first-order valence-corrected chi connectivity index (χ1v) is 17.2. The predicted octanol–water partition coefficient (Wildman–Crippen LogP) is 13.4. The normalized spacial score (nSPS) is 18.5. The van der Waals surface area contributed by atoms with Crippen LogP contribution in [-0.2, 0) is 5.41 Å². The van der Waals surface area contributed by atoms with Gasteiger partial charge in [0.15, 0.2) is 0 Å². The van der Waals surface area contributed by atoms with Crippen molar-refractivity contribution >= 4 is 21.5 Å². The van der Waals surface area contributed by atoms with Crippen molar-refractivity contribution < 1.29 is 19.8 Å². The SMILES string of the molecule is [2H]c1c([2H])c([2H])c(-c2ccc3c4c(cccc24)-c2cc(-c4ccc5c(c4)C4(c6ccccc6-5)c5ccccc5-c5c4c([2H])c([2H])c4c([2H])c([2H])c([2H])c([2H])c54)ccc2O3)c([2H])c1[2H]. The third-order valence-electron chi connectivity index (χ3n) is 11.1. The Hall–Kier alpha value is -6.70. The molecule has 1 heteroatoms. The maximum absolute atomic E-state index is 9.76. The lowest BCUT2D eigenvalue weighted by molar-refractivity contribution is 0.487. The van der Waals surface area contributed by atoms with Crippen LogP contribution < -0.4 is 4.74 Å². The Bertz CT molecular complexity index is 3610. The van der Waals surface area contributed by atoms with Gasteiger partial charge in [0.25, 0.3) is 0 Å². The summed E-state index contributed by atoms with van der Waals surface area (Å²) in [5.74, 6) is 1.22. The first-order valence-electron chi connectivity index (χ1n) is 22.7. The fraction of sp³-hybridized carbons (Fsp3) is 0.0196. The molecule has 9 aromatic carbocycles. The van der Waals surface area contributed by atoms with Crippen LogP contribution in [0.5, 0.6) is 11.5 Å². The highest BCUT2D eigenvalue weighted by Crippen LogP contribution is 2.64. The molecule has 0 amide bonds.